The van der Waals surface area contributed by atoms with Crippen LogP contribution in [0.2, 0.25) is 0 Å². The van der Waals surface area contributed by atoms with Crippen LogP contribution in [0.1, 0.15) is 0 Å². The number of methoxy groups -OCH3 is 2. The number of pyridine rings is 1. The molecule has 1 N–H and O–H groups in total. The Morgan fingerprint density at radius 2 is 1.94 bits per heavy atom. The molecule has 3 aromatic rings. The van der Waals surface area contributed by atoms with Crippen LogP contribution in [-0.4, -0.2) is 29.4 Å². The summed E-state index contributed by atoms with van der Waals surface area (Å²) in [5.41, 5.74) is 1.70. The largest absolute Gasteiger partial charge is 0.497 e. The van der Waals surface area contributed by atoms with Crippen molar-refractivity contribution in [3.63, 3.8) is 0 Å². The van der Waals surface area contributed by atoms with E-state index in [0.29, 0.717) is 5.75 Å². The number of H-pyrrole nitrogens is 1. The maximum Gasteiger partial charge on any atom is 0.148 e. The van der Waals surface area contributed by atoms with Crippen LogP contribution in [0.5, 0.6) is 11.5 Å². The molecule has 0 saturated heterocycles. The van der Waals surface area contributed by atoms with Crippen molar-refractivity contribution in [2.24, 2.45) is 0 Å². The number of aromatic amines is 1. The van der Waals surface area contributed by atoms with Crippen molar-refractivity contribution >= 4 is 21.8 Å². The molecule has 1 aromatic carbocycles. The van der Waals surface area contributed by atoms with E-state index in [1.165, 1.54) is 0 Å². The van der Waals surface area contributed by atoms with Gasteiger partial charge in [0.25, 0.3) is 0 Å². The predicted octanol–water partition coefficient (Wildman–Crippen LogP) is 2.13. The third-order valence-corrected chi connectivity index (χ3v) is 2.79. The lowest BCUT2D eigenvalue weighted by molar-refractivity contribution is 0.397. The van der Waals surface area contributed by atoms with E-state index in [2.05, 4.69) is 15.2 Å². The molecule has 5 heteroatoms. The van der Waals surface area contributed by atoms with Crippen LogP contribution in [0.25, 0.3) is 21.8 Å². The van der Waals surface area contributed by atoms with Gasteiger partial charge < -0.3 is 9.47 Å². The summed E-state index contributed by atoms with van der Waals surface area (Å²) in [4.78, 5) is 4.38. The normalized spacial score (nSPS) is 10.9. The molecule has 17 heavy (non-hydrogen) atoms. The SMILES string of the molecule is COc1cc(OC)c2ncc3[nH]ncc3c2c1. The Kier molecular flexibility index (Phi) is 2.11. The van der Waals surface area contributed by atoms with Gasteiger partial charge in [0.15, 0.2) is 0 Å². The van der Waals surface area contributed by atoms with Gasteiger partial charge in [-0.05, 0) is 6.07 Å². The van der Waals surface area contributed by atoms with Crippen molar-refractivity contribution in [2.45, 2.75) is 0 Å². The Balaban J connectivity index is 2.48. The maximum absolute atomic E-state index is 5.32. The van der Waals surface area contributed by atoms with Crippen LogP contribution in [-0.2, 0) is 0 Å². The first kappa shape index (κ1) is 9.89. The molecule has 2 aromatic heterocycles. The zero-order valence-corrected chi connectivity index (χ0v) is 9.52. The van der Waals surface area contributed by atoms with Crippen LogP contribution in [0.15, 0.2) is 24.5 Å². The molecule has 0 atom stereocenters. The van der Waals surface area contributed by atoms with E-state index in [1.54, 1.807) is 26.6 Å². The van der Waals surface area contributed by atoms with Gasteiger partial charge in [-0.15, -0.1) is 0 Å². The van der Waals surface area contributed by atoms with Gasteiger partial charge in [-0.25, -0.2) is 0 Å². The Bertz CT molecular complexity index is 691. The van der Waals surface area contributed by atoms with E-state index in [4.69, 9.17) is 9.47 Å². The quantitative estimate of drug-likeness (QED) is 0.731. The van der Waals surface area contributed by atoms with Crippen LogP contribution in [0, 0.1) is 0 Å². The number of hydrogen-bond acceptors (Lipinski definition) is 4. The molecular formula is C12H11N3O2. The molecule has 0 bridgehead atoms. The number of aromatic nitrogens is 3. The molecule has 0 amide bonds. The highest BCUT2D eigenvalue weighted by Crippen LogP contribution is 2.33. The highest BCUT2D eigenvalue weighted by atomic mass is 16.5. The standard InChI is InChI=1S/C12H11N3O2/c1-16-7-3-8-9-5-14-15-10(9)6-13-12(8)11(4-7)17-2/h3-6H,1-2H3,(H,14,15). The fraction of sp³-hybridized carbons (Fsp3) is 0.167. The molecule has 0 unspecified atom stereocenters. The van der Waals surface area contributed by atoms with Crippen molar-refractivity contribution in [1.82, 2.24) is 15.2 Å². The summed E-state index contributed by atoms with van der Waals surface area (Å²) in [6, 6.07) is 3.75. The second-order valence-corrected chi connectivity index (χ2v) is 3.68. The molecule has 86 valence electrons. The second kappa shape index (κ2) is 3.62. The number of ether oxygens (including phenoxy) is 2. The van der Waals surface area contributed by atoms with E-state index in [1.807, 2.05) is 12.1 Å². The summed E-state index contributed by atoms with van der Waals surface area (Å²) >= 11 is 0. The summed E-state index contributed by atoms with van der Waals surface area (Å²) in [6.45, 7) is 0. The molecule has 5 nitrogen and oxygen atoms in total. The van der Waals surface area contributed by atoms with Gasteiger partial charge in [0.2, 0.25) is 0 Å². The van der Waals surface area contributed by atoms with Crippen molar-refractivity contribution in [3.05, 3.63) is 24.5 Å². The van der Waals surface area contributed by atoms with Gasteiger partial charge in [0.05, 0.1) is 32.1 Å². The third kappa shape index (κ3) is 1.39. The first-order chi connectivity index (χ1) is 8.33. The van der Waals surface area contributed by atoms with Gasteiger partial charge in [-0.3, -0.25) is 10.1 Å². The van der Waals surface area contributed by atoms with Crippen LogP contribution >= 0.6 is 0 Å². The lowest BCUT2D eigenvalue weighted by Crippen LogP contribution is -1.91. The van der Waals surface area contributed by atoms with Gasteiger partial charge in [-0.1, -0.05) is 0 Å². The van der Waals surface area contributed by atoms with E-state index >= 15 is 0 Å². The molecule has 0 fully saturated rings. The topological polar surface area (TPSA) is 60.0 Å². The summed E-state index contributed by atoms with van der Waals surface area (Å²) < 4.78 is 10.6. The average molecular weight is 229 g/mol. The lowest BCUT2D eigenvalue weighted by Gasteiger charge is -2.08. The third-order valence-electron chi connectivity index (χ3n) is 2.79. The van der Waals surface area contributed by atoms with Crippen molar-refractivity contribution in [2.75, 3.05) is 14.2 Å². The fourth-order valence-corrected chi connectivity index (χ4v) is 1.93. The Morgan fingerprint density at radius 3 is 2.71 bits per heavy atom. The van der Waals surface area contributed by atoms with Gasteiger partial charge in [0, 0.05) is 16.8 Å². The minimum Gasteiger partial charge on any atom is -0.497 e. The minimum absolute atomic E-state index is 0.697. The molecular weight excluding hydrogens is 218 g/mol. The van der Waals surface area contributed by atoms with Crippen molar-refractivity contribution in [1.29, 1.82) is 0 Å². The fourth-order valence-electron chi connectivity index (χ4n) is 1.93. The van der Waals surface area contributed by atoms with Crippen molar-refractivity contribution < 1.29 is 9.47 Å². The van der Waals surface area contributed by atoms with E-state index in [0.717, 1.165) is 27.6 Å². The van der Waals surface area contributed by atoms with Crippen LogP contribution < -0.4 is 9.47 Å². The molecule has 2 heterocycles. The highest BCUT2D eigenvalue weighted by molar-refractivity contribution is 6.06. The summed E-state index contributed by atoms with van der Waals surface area (Å²) in [5, 5.41) is 8.88. The Morgan fingerprint density at radius 1 is 1.06 bits per heavy atom. The molecule has 0 aliphatic rings. The first-order valence-electron chi connectivity index (χ1n) is 5.17. The Labute approximate surface area is 97.4 Å². The van der Waals surface area contributed by atoms with E-state index in [9.17, 15) is 0 Å². The number of nitrogens with zero attached hydrogens (tertiary/aromatic N) is 2. The summed E-state index contributed by atoms with van der Waals surface area (Å²) in [5.74, 6) is 1.44. The van der Waals surface area contributed by atoms with Crippen LogP contribution in [0.4, 0.5) is 0 Å². The second-order valence-electron chi connectivity index (χ2n) is 3.68. The molecule has 3 rings (SSSR count). The maximum atomic E-state index is 5.32. The predicted molar refractivity (Wildman–Crippen MR) is 64.5 cm³/mol. The average Bonchev–Trinajstić information content (AvgIpc) is 2.85. The number of hydrogen-bond donors (Lipinski definition) is 1. The van der Waals surface area contributed by atoms with Gasteiger partial charge in [-0.2, -0.15) is 5.10 Å². The molecule has 0 aliphatic carbocycles. The van der Waals surface area contributed by atoms with E-state index in [-0.39, 0.29) is 0 Å². The van der Waals surface area contributed by atoms with E-state index < -0.39 is 0 Å². The number of fused-ring (bicyclic) bond motifs is 3. The summed E-state index contributed by atoms with van der Waals surface area (Å²) in [6.07, 6.45) is 3.53. The first-order valence-corrected chi connectivity index (χ1v) is 5.17. The highest BCUT2D eigenvalue weighted by Gasteiger charge is 2.10. The number of rotatable bonds is 2. The zero-order chi connectivity index (χ0) is 11.8. The zero-order valence-electron chi connectivity index (χ0n) is 9.52. The molecule has 0 spiro atoms. The molecule has 0 aliphatic heterocycles. The van der Waals surface area contributed by atoms with Gasteiger partial charge >= 0.3 is 0 Å². The van der Waals surface area contributed by atoms with Gasteiger partial charge in [0.1, 0.15) is 17.0 Å². The smallest absolute Gasteiger partial charge is 0.148 e. The van der Waals surface area contributed by atoms with Crippen molar-refractivity contribution in [3.8, 4) is 11.5 Å². The molecule has 0 saturated carbocycles. The number of nitrogens with one attached hydrogen (secondary N) is 1. The minimum atomic E-state index is 0.697. The summed E-state index contributed by atoms with van der Waals surface area (Å²) in [7, 11) is 3.25. The number of benzene rings is 1. The monoisotopic (exact) mass is 229 g/mol. The Hall–Kier alpha value is -2.30. The lowest BCUT2D eigenvalue weighted by atomic mass is 10.1. The van der Waals surface area contributed by atoms with Crippen LogP contribution in [0.3, 0.4) is 0 Å². The molecule has 0 radical (unpaired) electrons.